The van der Waals surface area contributed by atoms with Crippen LogP contribution in [0.25, 0.3) is 0 Å². The summed E-state index contributed by atoms with van der Waals surface area (Å²) < 4.78 is 4.60. The molecule has 0 bridgehead atoms. The van der Waals surface area contributed by atoms with Crippen molar-refractivity contribution in [1.29, 1.82) is 0 Å². The maximum Gasteiger partial charge on any atom is 0.337 e. The molecular formula is C12H12O3. The number of hydrogen-bond donors (Lipinski definition) is 1. The average Bonchev–Trinajstić information content (AvgIpc) is 2.26. The molecule has 0 aliphatic rings. The molecule has 3 nitrogen and oxygen atoms in total. The molecule has 15 heavy (non-hydrogen) atoms. The highest BCUT2D eigenvalue weighted by Gasteiger charge is 1.99. The Balaban J connectivity index is 3.18. The minimum atomic E-state index is -0.391. The largest absolute Gasteiger partial charge is 0.508 e. The first-order valence-electron chi connectivity index (χ1n) is 4.44. The Labute approximate surface area is 88.3 Å². The first-order valence-corrected chi connectivity index (χ1v) is 4.44. The van der Waals surface area contributed by atoms with E-state index in [1.807, 2.05) is 0 Å². The van der Waals surface area contributed by atoms with Crippen LogP contribution in [0, 0.1) is 0 Å². The van der Waals surface area contributed by atoms with Gasteiger partial charge >= 0.3 is 5.97 Å². The molecule has 1 aromatic carbocycles. The Bertz CT molecular complexity index is 370. The summed E-state index contributed by atoms with van der Waals surface area (Å²) in [7, 11) is 1.33. The number of carbonyl (C=O) groups is 1. The van der Waals surface area contributed by atoms with Crippen molar-refractivity contribution in [3.8, 4) is 5.75 Å². The Morgan fingerprint density at radius 2 is 1.53 bits per heavy atom. The Morgan fingerprint density at radius 3 is 2.00 bits per heavy atom. The Kier molecular flexibility index (Phi) is 4.16. The van der Waals surface area contributed by atoms with Crippen molar-refractivity contribution in [3.63, 3.8) is 0 Å². The summed E-state index contributed by atoms with van der Waals surface area (Å²) in [6.07, 6.45) is 0. The van der Waals surface area contributed by atoms with E-state index in [4.69, 9.17) is 0 Å². The van der Waals surface area contributed by atoms with Crippen molar-refractivity contribution < 1.29 is 14.6 Å². The van der Waals surface area contributed by atoms with Crippen LogP contribution in [0.3, 0.4) is 0 Å². The van der Waals surface area contributed by atoms with Gasteiger partial charge in [-0.3, -0.25) is 0 Å². The molecule has 0 unspecified atom stereocenters. The zero-order valence-corrected chi connectivity index (χ0v) is 8.38. The van der Waals surface area contributed by atoms with Crippen LogP contribution in [0.2, 0.25) is 0 Å². The van der Waals surface area contributed by atoms with Gasteiger partial charge in [-0.25, -0.2) is 4.79 Å². The van der Waals surface area contributed by atoms with E-state index in [9.17, 15) is 9.90 Å². The van der Waals surface area contributed by atoms with Crippen molar-refractivity contribution in [2.24, 2.45) is 0 Å². The number of methoxy groups -OCH3 is 1. The van der Waals surface area contributed by atoms with Gasteiger partial charge in [-0.15, -0.1) is 0 Å². The lowest BCUT2D eigenvalue weighted by atomic mass is 10.2. The van der Waals surface area contributed by atoms with Crippen LogP contribution in [0.4, 0.5) is 0 Å². The minimum absolute atomic E-state index is 0.158. The van der Waals surface area contributed by atoms with Crippen LogP contribution in [0.1, 0.15) is 10.4 Å². The van der Waals surface area contributed by atoms with Gasteiger partial charge < -0.3 is 9.84 Å². The first-order chi connectivity index (χ1) is 7.24. The number of carbonyl (C=O) groups excluding carboxylic acids is 1. The smallest absolute Gasteiger partial charge is 0.337 e. The number of ether oxygens (including phenoxy) is 1. The fourth-order valence-corrected chi connectivity index (χ4v) is 0.992. The second-order valence-corrected chi connectivity index (χ2v) is 2.81. The maximum atomic E-state index is 11.2. The summed E-state index contributed by atoms with van der Waals surface area (Å²) in [5.74, 6) is -0.233. The van der Waals surface area contributed by atoms with Gasteiger partial charge in [0.1, 0.15) is 5.75 Å². The summed E-state index contributed by atoms with van der Waals surface area (Å²) in [6.45, 7) is 0. The number of esters is 1. The van der Waals surface area contributed by atoms with Gasteiger partial charge in [0.25, 0.3) is 0 Å². The van der Waals surface area contributed by atoms with Crippen molar-refractivity contribution in [3.05, 3.63) is 54.1 Å². The lowest BCUT2D eigenvalue weighted by Crippen LogP contribution is -1.98. The number of aromatic hydroxyl groups is 1. The molecule has 0 saturated carbocycles. The molecule has 1 N–H and O–H groups in total. The number of hydrogen-bond acceptors (Lipinski definition) is 3. The van der Waals surface area contributed by atoms with Gasteiger partial charge in [0.15, 0.2) is 0 Å². The molecule has 78 valence electrons. The molecule has 0 heterocycles. The summed E-state index contributed by atoms with van der Waals surface area (Å²) >= 11 is 0. The van der Waals surface area contributed by atoms with Gasteiger partial charge in [0, 0.05) is 0 Å². The third-order valence-electron chi connectivity index (χ3n) is 1.73. The molecule has 1 aromatic rings. The van der Waals surface area contributed by atoms with Gasteiger partial charge in [-0.2, -0.15) is 0 Å². The van der Waals surface area contributed by atoms with E-state index in [1.165, 1.54) is 19.2 Å². The van der Waals surface area contributed by atoms with E-state index >= 15 is 0 Å². The fourth-order valence-electron chi connectivity index (χ4n) is 0.992. The lowest BCUT2D eigenvalue weighted by Gasteiger charge is -1.94. The van der Waals surface area contributed by atoms with Crippen LogP contribution in [-0.4, -0.2) is 18.2 Å². The first kappa shape index (κ1) is 11.0. The highest BCUT2D eigenvalue weighted by Crippen LogP contribution is 2.03. The summed E-state index contributed by atoms with van der Waals surface area (Å²) in [6, 6.07) is 12.9. The van der Waals surface area contributed by atoms with E-state index in [-0.39, 0.29) is 5.75 Å². The molecule has 0 aliphatic carbocycles. The monoisotopic (exact) mass is 204 g/mol. The summed E-state index contributed by atoms with van der Waals surface area (Å²) in [4.78, 5) is 11.2. The van der Waals surface area contributed by atoms with E-state index in [0.717, 1.165) is 0 Å². The number of rotatable bonds is 1. The fraction of sp³-hybridized carbons (Fsp3) is 0.0833. The minimum Gasteiger partial charge on any atom is -0.508 e. The molecule has 0 aromatic heterocycles. The van der Waals surface area contributed by atoms with Crippen molar-refractivity contribution >= 4 is 5.97 Å². The summed E-state index contributed by atoms with van der Waals surface area (Å²) in [5, 5.41) is 9.23. The van der Waals surface area contributed by atoms with Crippen molar-refractivity contribution in [2.45, 2.75) is 0 Å². The highest BCUT2D eigenvalue weighted by atomic mass is 16.5. The van der Waals surface area contributed by atoms with Gasteiger partial charge in [-0.1, -0.05) is 24.3 Å². The average molecular weight is 204 g/mol. The van der Waals surface area contributed by atoms with Crippen molar-refractivity contribution in [1.82, 2.24) is 0 Å². The Morgan fingerprint density at radius 1 is 1.07 bits per heavy atom. The third kappa shape index (κ3) is 3.68. The van der Waals surface area contributed by atoms with E-state index in [2.05, 4.69) is 4.74 Å². The van der Waals surface area contributed by atoms with Crippen LogP contribution in [0.15, 0.2) is 48.5 Å². The Hall–Kier alpha value is -2.03. The van der Waals surface area contributed by atoms with E-state index < -0.39 is 5.97 Å². The van der Waals surface area contributed by atoms with Crippen molar-refractivity contribution in [2.75, 3.05) is 7.11 Å². The topological polar surface area (TPSA) is 46.5 Å². The SMILES string of the molecule is COC(=O)c1ccccc(O)cccc1. The molecular weight excluding hydrogens is 192 g/mol. The second-order valence-electron chi connectivity index (χ2n) is 2.81. The maximum absolute atomic E-state index is 11.2. The van der Waals surface area contributed by atoms with Crippen LogP contribution < -0.4 is 0 Å². The molecule has 0 radical (unpaired) electrons. The van der Waals surface area contributed by atoms with Crippen LogP contribution >= 0.6 is 0 Å². The zero-order valence-electron chi connectivity index (χ0n) is 8.38. The second kappa shape index (κ2) is 5.65. The van der Waals surface area contributed by atoms with E-state index in [0.29, 0.717) is 5.56 Å². The molecule has 0 aliphatic heterocycles. The molecule has 3 heteroatoms. The molecule has 0 atom stereocenters. The predicted octanol–water partition coefficient (Wildman–Crippen LogP) is 2.30. The molecule has 0 fully saturated rings. The standard InChI is InChI=1S/C12H12O3/c1-15-12(14)10-6-2-4-8-11(13)9-5-3-7-10/h2-9,13H,1H3. The molecule has 1 rings (SSSR count). The molecule has 0 spiro atoms. The molecule has 0 saturated heterocycles. The lowest BCUT2D eigenvalue weighted by molar-refractivity contribution is 0.0601. The normalized spacial score (nSPS) is 8.87. The highest BCUT2D eigenvalue weighted by molar-refractivity contribution is 5.88. The van der Waals surface area contributed by atoms with Gasteiger partial charge in [0.2, 0.25) is 0 Å². The molecule has 0 amide bonds. The van der Waals surface area contributed by atoms with Gasteiger partial charge in [-0.05, 0) is 24.3 Å². The van der Waals surface area contributed by atoms with E-state index in [1.54, 1.807) is 36.4 Å². The predicted molar refractivity (Wildman–Crippen MR) is 57.1 cm³/mol. The van der Waals surface area contributed by atoms with Gasteiger partial charge in [0.05, 0.1) is 12.7 Å². The zero-order chi connectivity index (χ0) is 11.1. The quantitative estimate of drug-likeness (QED) is 0.714. The van der Waals surface area contributed by atoms with Crippen LogP contribution in [-0.2, 0) is 4.74 Å². The third-order valence-corrected chi connectivity index (χ3v) is 1.73. The van der Waals surface area contributed by atoms with Crippen LogP contribution in [0.5, 0.6) is 5.75 Å². The summed E-state index contributed by atoms with van der Waals surface area (Å²) in [5.41, 5.74) is 0.452.